The van der Waals surface area contributed by atoms with Crippen molar-refractivity contribution in [3.8, 4) is 0 Å². The lowest BCUT2D eigenvalue weighted by Gasteiger charge is -2.21. The molecule has 0 bridgehead atoms. The summed E-state index contributed by atoms with van der Waals surface area (Å²) in [7, 11) is 0. The van der Waals surface area contributed by atoms with E-state index in [0.717, 1.165) is 18.9 Å². The van der Waals surface area contributed by atoms with E-state index in [1.165, 1.54) is 29.5 Å². The van der Waals surface area contributed by atoms with Crippen LogP contribution in [0.1, 0.15) is 50.3 Å². The molecule has 1 nitrogen and oxygen atoms in total. The Morgan fingerprint density at radius 3 is 2.17 bits per heavy atom. The van der Waals surface area contributed by atoms with Crippen molar-refractivity contribution >= 4 is 0 Å². The second-order valence-corrected chi connectivity index (χ2v) is 5.98. The molecule has 102 valence electrons. The van der Waals surface area contributed by atoms with Gasteiger partial charge in [0.1, 0.15) is 0 Å². The molecule has 0 spiro atoms. The van der Waals surface area contributed by atoms with Crippen LogP contribution in [0.2, 0.25) is 0 Å². The first-order chi connectivity index (χ1) is 8.51. The van der Waals surface area contributed by atoms with Crippen LogP contribution in [0.4, 0.5) is 0 Å². The van der Waals surface area contributed by atoms with E-state index in [1.807, 2.05) is 0 Å². The van der Waals surface area contributed by atoms with Gasteiger partial charge in [0.15, 0.2) is 0 Å². The van der Waals surface area contributed by atoms with Gasteiger partial charge in [-0.25, -0.2) is 0 Å². The molecule has 0 saturated heterocycles. The minimum absolute atomic E-state index is 0.617. The van der Waals surface area contributed by atoms with Gasteiger partial charge in [-0.1, -0.05) is 50.1 Å². The van der Waals surface area contributed by atoms with Gasteiger partial charge in [0.25, 0.3) is 0 Å². The topological polar surface area (TPSA) is 12.0 Å². The maximum atomic E-state index is 3.69. The average Bonchev–Trinajstić information content (AvgIpc) is 2.23. The van der Waals surface area contributed by atoms with Gasteiger partial charge < -0.3 is 5.32 Å². The fraction of sp³-hybridized carbons (Fsp3) is 0.647. The number of aryl methyl sites for hydroxylation is 2. The van der Waals surface area contributed by atoms with E-state index in [-0.39, 0.29) is 0 Å². The summed E-state index contributed by atoms with van der Waals surface area (Å²) in [4.78, 5) is 0. The molecule has 1 heteroatoms. The van der Waals surface area contributed by atoms with E-state index in [0.29, 0.717) is 6.04 Å². The maximum Gasteiger partial charge on any atom is 0.0110 e. The molecule has 1 aromatic rings. The fourth-order valence-electron chi connectivity index (χ4n) is 2.63. The predicted octanol–water partition coefficient (Wildman–Crippen LogP) is 4.26. The Morgan fingerprint density at radius 1 is 1.06 bits per heavy atom. The second kappa shape index (κ2) is 7.58. The monoisotopic (exact) mass is 247 g/mol. The lowest BCUT2D eigenvalue weighted by Crippen LogP contribution is -2.33. The molecule has 0 radical (unpaired) electrons. The molecule has 0 aliphatic rings. The minimum Gasteiger partial charge on any atom is -0.314 e. The van der Waals surface area contributed by atoms with Crippen molar-refractivity contribution in [1.29, 1.82) is 0 Å². The molecule has 1 N–H and O–H groups in total. The summed E-state index contributed by atoms with van der Waals surface area (Å²) in [5.41, 5.74) is 4.23. The summed E-state index contributed by atoms with van der Waals surface area (Å²) in [6.07, 6.45) is 3.62. The zero-order chi connectivity index (χ0) is 13.5. The summed E-state index contributed by atoms with van der Waals surface area (Å²) in [6.45, 7) is 12.4. The Labute approximate surface area is 113 Å². The summed E-state index contributed by atoms with van der Waals surface area (Å²) in [5.74, 6) is 0.755. The SMILES string of the molecule is CCCNC(Cc1cc(C)cc(C)c1)CC(C)C. The first kappa shape index (κ1) is 15.2. The summed E-state index contributed by atoms with van der Waals surface area (Å²) in [5, 5.41) is 3.69. The maximum absolute atomic E-state index is 3.69. The molecule has 0 aliphatic heterocycles. The molecule has 0 saturated carbocycles. The minimum atomic E-state index is 0.617. The van der Waals surface area contributed by atoms with Crippen LogP contribution in [-0.2, 0) is 6.42 Å². The molecule has 1 atom stereocenters. The van der Waals surface area contributed by atoms with E-state index in [1.54, 1.807) is 0 Å². The number of rotatable bonds is 7. The van der Waals surface area contributed by atoms with E-state index in [4.69, 9.17) is 0 Å². The molecule has 0 heterocycles. The first-order valence-corrected chi connectivity index (χ1v) is 7.31. The van der Waals surface area contributed by atoms with Crippen LogP contribution in [0.5, 0.6) is 0 Å². The van der Waals surface area contributed by atoms with Crippen molar-refractivity contribution in [1.82, 2.24) is 5.32 Å². The normalized spacial score (nSPS) is 13.0. The molecule has 0 aliphatic carbocycles. The number of benzene rings is 1. The Balaban J connectivity index is 2.68. The van der Waals surface area contributed by atoms with Crippen molar-refractivity contribution < 1.29 is 0 Å². The van der Waals surface area contributed by atoms with Gasteiger partial charge in [-0.15, -0.1) is 0 Å². The van der Waals surface area contributed by atoms with Crippen molar-refractivity contribution in [2.24, 2.45) is 5.92 Å². The number of hydrogen-bond donors (Lipinski definition) is 1. The van der Waals surface area contributed by atoms with Crippen molar-refractivity contribution in [3.63, 3.8) is 0 Å². The third-order valence-electron chi connectivity index (χ3n) is 3.20. The van der Waals surface area contributed by atoms with Crippen molar-refractivity contribution in [2.75, 3.05) is 6.54 Å². The van der Waals surface area contributed by atoms with Crippen LogP contribution < -0.4 is 5.32 Å². The van der Waals surface area contributed by atoms with Gasteiger partial charge in [-0.3, -0.25) is 0 Å². The highest BCUT2D eigenvalue weighted by atomic mass is 14.9. The lowest BCUT2D eigenvalue weighted by molar-refractivity contribution is 0.416. The highest BCUT2D eigenvalue weighted by Gasteiger charge is 2.11. The van der Waals surface area contributed by atoms with Crippen molar-refractivity contribution in [3.05, 3.63) is 34.9 Å². The Hall–Kier alpha value is -0.820. The molecular weight excluding hydrogens is 218 g/mol. The zero-order valence-corrected chi connectivity index (χ0v) is 12.7. The molecule has 1 unspecified atom stereocenters. The van der Waals surface area contributed by atoms with Gasteiger partial charge in [0.2, 0.25) is 0 Å². The standard InChI is InChI=1S/C17H29N/c1-6-7-18-17(8-13(2)3)12-16-10-14(4)9-15(5)11-16/h9-11,13,17-18H,6-8,12H2,1-5H3. The predicted molar refractivity (Wildman–Crippen MR) is 81.2 cm³/mol. The Bertz CT molecular complexity index is 334. The lowest BCUT2D eigenvalue weighted by atomic mass is 9.95. The molecule has 0 amide bonds. The summed E-state index contributed by atoms with van der Waals surface area (Å²) in [6, 6.07) is 7.52. The molecular formula is C17H29N. The van der Waals surface area contributed by atoms with Crippen LogP contribution in [0.25, 0.3) is 0 Å². The summed E-state index contributed by atoms with van der Waals surface area (Å²) >= 11 is 0. The third-order valence-corrected chi connectivity index (χ3v) is 3.20. The van der Waals surface area contributed by atoms with Gasteiger partial charge in [0.05, 0.1) is 0 Å². The fourth-order valence-corrected chi connectivity index (χ4v) is 2.63. The highest BCUT2D eigenvalue weighted by molar-refractivity contribution is 5.29. The van der Waals surface area contributed by atoms with Crippen LogP contribution in [0.3, 0.4) is 0 Å². The smallest absolute Gasteiger partial charge is 0.0110 e. The van der Waals surface area contributed by atoms with E-state index in [9.17, 15) is 0 Å². The van der Waals surface area contributed by atoms with Gasteiger partial charge in [0, 0.05) is 6.04 Å². The molecule has 1 rings (SSSR count). The first-order valence-electron chi connectivity index (χ1n) is 7.31. The van der Waals surface area contributed by atoms with Gasteiger partial charge >= 0.3 is 0 Å². The quantitative estimate of drug-likeness (QED) is 0.759. The van der Waals surface area contributed by atoms with E-state index >= 15 is 0 Å². The highest BCUT2D eigenvalue weighted by Crippen LogP contribution is 2.14. The van der Waals surface area contributed by atoms with Crippen LogP contribution >= 0.6 is 0 Å². The number of nitrogens with one attached hydrogen (secondary N) is 1. The molecule has 0 aromatic heterocycles. The largest absolute Gasteiger partial charge is 0.314 e. The van der Waals surface area contributed by atoms with E-state index in [2.05, 4.69) is 58.1 Å². The average molecular weight is 247 g/mol. The number of hydrogen-bond acceptors (Lipinski definition) is 1. The molecule has 18 heavy (non-hydrogen) atoms. The molecule has 1 aromatic carbocycles. The Kier molecular flexibility index (Phi) is 6.42. The second-order valence-electron chi connectivity index (χ2n) is 5.98. The van der Waals surface area contributed by atoms with Crippen LogP contribution in [0.15, 0.2) is 18.2 Å². The van der Waals surface area contributed by atoms with E-state index < -0.39 is 0 Å². The van der Waals surface area contributed by atoms with Gasteiger partial charge in [-0.05, 0) is 51.1 Å². The van der Waals surface area contributed by atoms with Crippen LogP contribution in [-0.4, -0.2) is 12.6 Å². The molecule has 0 fully saturated rings. The summed E-state index contributed by atoms with van der Waals surface area (Å²) < 4.78 is 0. The van der Waals surface area contributed by atoms with Crippen LogP contribution in [0, 0.1) is 19.8 Å². The third kappa shape index (κ3) is 5.68. The van der Waals surface area contributed by atoms with Crippen molar-refractivity contribution in [2.45, 2.75) is 59.9 Å². The zero-order valence-electron chi connectivity index (χ0n) is 12.7. The Morgan fingerprint density at radius 2 is 1.67 bits per heavy atom. The van der Waals surface area contributed by atoms with Gasteiger partial charge in [-0.2, -0.15) is 0 Å².